The third-order valence-electron chi connectivity index (χ3n) is 4.62. The van der Waals surface area contributed by atoms with Crippen LogP contribution >= 0.6 is 22.9 Å². The van der Waals surface area contributed by atoms with Gasteiger partial charge in [-0.2, -0.15) is 0 Å². The molecule has 0 radical (unpaired) electrons. The number of aryl methyl sites for hydroxylation is 1. The second-order valence-corrected chi connectivity index (χ2v) is 10.5. The van der Waals surface area contributed by atoms with Gasteiger partial charge in [0.2, 0.25) is 0 Å². The molecule has 3 aromatic heterocycles. The highest BCUT2D eigenvalue weighted by Crippen LogP contribution is 2.29. The Morgan fingerprint density at radius 2 is 1.94 bits per heavy atom. The maximum absolute atomic E-state index is 12.8. The zero-order valence-corrected chi connectivity index (χ0v) is 19.9. The number of carbonyl (C=O) groups is 1. The van der Waals surface area contributed by atoms with Gasteiger partial charge in [0.05, 0.1) is 27.6 Å². The lowest BCUT2D eigenvalue weighted by Gasteiger charge is -2.09. The van der Waals surface area contributed by atoms with Crippen molar-refractivity contribution in [2.24, 2.45) is 0 Å². The van der Waals surface area contributed by atoms with Crippen molar-refractivity contribution in [3.8, 4) is 5.82 Å². The van der Waals surface area contributed by atoms with Gasteiger partial charge < -0.3 is 10.3 Å². The first-order valence-electron chi connectivity index (χ1n) is 9.48. The normalized spacial score (nSPS) is 11.4. The molecule has 0 aliphatic heterocycles. The maximum atomic E-state index is 12.8. The quantitative estimate of drug-likeness (QED) is 0.309. The van der Waals surface area contributed by atoms with Crippen LogP contribution in [0, 0.1) is 6.92 Å². The molecule has 0 unspecified atom stereocenters. The smallest absolute Gasteiger partial charge is 0.334 e. The highest BCUT2D eigenvalue weighted by Gasteiger charge is 2.21. The number of aromatic amines is 1. The van der Waals surface area contributed by atoms with Crippen LogP contribution in [0.25, 0.3) is 16.7 Å². The van der Waals surface area contributed by atoms with Crippen molar-refractivity contribution >= 4 is 61.4 Å². The summed E-state index contributed by atoms with van der Waals surface area (Å²) in [6.45, 7) is 1.64. The van der Waals surface area contributed by atoms with Gasteiger partial charge in [-0.05, 0) is 36.8 Å². The molecule has 0 fully saturated rings. The Hall–Kier alpha value is -3.75. The third-order valence-corrected chi connectivity index (χ3v) is 7.98. The number of aromatic nitrogens is 4. The molecule has 4 N–H and O–H groups in total. The molecule has 4 aromatic rings. The number of H-pyrrole nitrogens is 1. The lowest BCUT2D eigenvalue weighted by atomic mass is 10.2. The van der Waals surface area contributed by atoms with Crippen LogP contribution in [0.5, 0.6) is 0 Å². The first-order valence-corrected chi connectivity index (χ1v) is 12.2. The molecule has 34 heavy (non-hydrogen) atoms. The number of nitrogens with one attached hydrogen (secondary N) is 4. The first kappa shape index (κ1) is 23.4. The van der Waals surface area contributed by atoms with Crippen molar-refractivity contribution in [2.75, 3.05) is 17.7 Å². The largest absolute Gasteiger partial charge is 0.388 e. The maximum Gasteiger partial charge on any atom is 0.334 e. The van der Waals surface area contributed by atoms with Crippen molar-refractivity contribution in [3.63, 3.8) is 0 Å². The first-order chi connectivity index (χ1) is 16.1. The predicted molar refractivity (Wildman–Crippen MR) is 129 cm³/mol. The zero-order chi connectivity index (χ0) is 24.6. The van der Waals surface area contributed by atoms with Crippen LogP contribution in [0.2, 0.25) is 4.34 Å². The number of hydrogen-bond acceptors (Lipinski definition) is 9. The van der Waals surface area contributed by atoms with E-state index < -0.39 is 27.3 Å². The molecule has 176 valence electrons. The Bertz CT molecular complexity index is 1620. The minimum Gasteiger partial charge on any atom is -0.388 e. The number of hydrogen-bond donors (Lipinski definition) is 4. The number of amides is 2. The molecule has 12 nitrogen and oxygen atoms in total. The number of sulfonamides is 1. The van der Waals surface area contributed by atoms with Crippen molar-refractivity contribution in [3.05, 3.63) is 67.4 Å². The molecule has 15 heteroatoms. The van der Waals surface area contributed by atoms with E-state index in [1.54, 1.807) is 32.2 Å². The molecule has 0 saturated heterocycles. The highest BCUT2D eigenvalue weighted by atomic mass is 35.5. The van der Waals surface area contributed by atoms with Gasteiger partial charge in [-0.25, -0.2) is 37.3 Å². The highest BCUT2D eigenvalue weighted by molar-refractivity contribution is 7.92. The second-order valence-electron chi connectivity index (χ2n) is 6.92. The number of thiophene rings is 1. The standard InChI is InChI=1S/C19H16ClN7O5S2/c1-9-5-15(33-16(9)20)34(31,32)26-18(29)25-13-7-23-14(8-22-13)27-17(28)11-4-3-10(21-2)6-12(11)24-19(27)30/h3-8,21H,1-2H3,(H,24,30)(H2,22,25,26,29). The lowest BCUT2D eigenvalue weighted by Crippen LogP contribution is -2.35. The SMILES string of the molecule is CNc1ccc2c(=O)n(-c3cnc(NC(=O)NS(=O)(=O)c4cc(C)c(Cl)s4)cn3)c(=O)[nH]c2c1. The van der Waals surface area contributed by atoms with Crippen LogP contribution < -0.4 is 26.6 Å². The van der Waals surface area contributed by atoms with Gasteiger partial charge in [-0.3, -0.25) is 10.1 Å². The number of fused-ring (bicyclic) bond motifs is 1. The topological polar surface area (TPSA) is 168 Å². The van der Waals surface area contributed by atoms with Crippen LogP contribution in [-0.4, -0.2) is 41.0 Å². The molecule has 0 aliphatic rings. The second kappa shape index (κ2) is 8.89. The van der Waals surface area contributed by atoms with E-state index >= 15 is 0 Å². The van der Waals surface area contributed by atoms with Gasteiger partial charge in [0.1, 0.15) is 4.21 Å². The van der Waals surface area contributed by atoms with E-state index in [2.05, 4.69) is 25.6 Å². The Labute approximate surface area is 200 Å². The molecule has 4 rings (SSSR count). The van der Waals surface area contributed by atoms with Crippen molar-refractivity contribution in [2.45, 2.75) is 11.1 Å². The molecule has 1 aromatic carbocycles. The zero-order valence-electron chi connectivity index (χ0n) is 17.5. The van der Waals surface area contributed by atoms with E-state index in [0.717, 1.165) is 28.3 Å². The van der Waals surface area contributed by atoms with Gasteiger partial charge >= 0.3 is 11.7 Å². The fourth-order valence-electron chi connectivity index (χ4n) is 2.96. The molecular weight excluding hydrogens is 506 g/mol. The van der Waals surface area contributed by atoms with Crippen molar-refractivity contribution in [1.82, 2.24) is 24.2 Å². The Kier molecular flexibility index (Phi) is 6.12. The molecule has 2 amide bonds. The molecule has 0 aliphatic carbocycles. The van der Waals surface area contributed by atoms with Crippen LogP contribution in [0.3, 0.4) is 0 Å². The van der Waals surface area contributed by atoms with E-state index in [1.165, 1.54) is 6.07 Å². The summed E-state index contributed by atoms with van der Waals surface area (Å²) in [4.78, 5) is 48.0. The molecule has 0 spiro atoms. The lowest BCUT2D eigenvalue weighted by molar-refractivity contribution is 0.256. The minimum atomic E-state index is -4.14. The van der Waals surface area contributed by atoms with E-state index in [9.17, 15) is 22.8 Å². The predicted octanol–water partition coefficient (Wildman–Crippen LogP) is 2.04. The van der Waals surface area contributed by atoms with E-state index in [4.69, 9.17) is 11.6 Å². The van der Waals surface area contributed by atoms with E-state index in [1.807, 2.05) is 4.72 Å². The number of benzene rings is 1. The average Bonchev–Trinajstić information content (AvgIpc) is 3.13. The Balaban J connectivity index is 1.55. The Morgan fingerprint density at radius 3 is 2.56 bits per heavy atom. The van der Waals surface area contributed by atoms with E-state index in [-0.39, 0.29) is 21.2 Å². The summed E-state index contributed by atoms with van der Waals surface area (Å²) >= 11 is 6.70. The van der Waals surface area contributed by atoms with Crippen LogP contribution in [0.4, 0.5) is 16.3 Å². The molecular formula is C19H16ClN7O5S2. The summed E-state index contributed by atoms with van der Waals surface area (Å²) < 4.78 is 27.5. The van der Waals surface area contributed by atoms with Gasteiger partial charge in [0.25, 0.3) is 15.6 Å². The molecule has 3 heterocycles. The van der Waals surface area contributed by atoms with Gasteiger partial charge in [0, 0.05) is 12.7 Å². The summed E-state index contributed by atoms with van der Waals surface area (Å²) in [7, 11) is -2.43. The third kappa shape index (κ3) is 4.50. The average molecular weight is 522 g/mol. The number of nitrogens with zero attached hydrogens (tertiary/aromatic N) is 3. The number of carbonyl (C=O) groups excluding carboxylic acids is 1. The van der Waals surface area contributed by atoms with Crippen LogP contribution in [0.15, 0.2) is 50.5 Å². The van der Waals surface area contributed by atoms with Gasteiger partial charge in [-0.1, -0.05) is 11.6 Å². The Morgan fingerprint density at radius 1 is 1.18 bits per heavy atom. The van der Waals surface area contributed by atoms with Crippen molar-refractivity contribution < 1.29 is 13.2 Å². The van der Waals surface area contributed by atoms with Gasteiger partial charge in [0.15, 0.2) is 11.6 Å². The van der Waals surface area contributed by atoms with Crippen LogP contribution in [0.1, 0.15) is 5.56 Å². The van der Waals surface area contributed by atoms with Gasteiger partial charge in [-0.15, -0.1) is 11.3 Å². The number of halogens is 1. The summed E-state index contributed by atoms with van der Waals surface area (Å²) in [6, 6.07) is 5.13. The monoisotopic (exact) mass is 521 g/mol. The van der Waals surface area contributed by atoms with E-state index in [0.29, 0.717) is 21.1 Å². The fraction of sp³-hybridized carbons (Fsp3) is 0.105. The summed E-state index contributed by atoms with van der Waals surface area (Å²) in [5, 5.41) is 5.41. The number of anilines is 2. The summed E-state index contributed by atoms with van der Waals surface area (Å²) in [5.41, 5.74) is 0.299. The molecule has 0 bridgehead atoms. The van der Waals surface area contributed by atoms with Crippen LogP contribution in [-0.2, 0) is 10.0 Å². The summed E-state index contributed by atoms with van der Waals surface area (Å²) in [5.74, 6) is -0.200. The number of rotatable bonds is 5. The molecule has 0 saturated carbocycles. The van der Waals surface area contributed by atoms with Crippen molar-refractivity contribution in [1.29, 1.82) is 0 Å². The minimum absolute atomic E-state index is 0.0897. The number of urea groups is 1. The summed E-state index contributed by atoms with van der Waals surface area (Å²) in [6.07, 6.45) is 2.17. The molecule has 0 atom stereocenters. The fourth-order valence-corrected chi connectivity index (χ4v) is 5.58.